The largest absolute Gasteiger partial charge is 0.462 e. The molecule has 34 heavy (non-hydrogen) atoms. The van der Waals surface area contributed by atoms with Crippen molar-refractivity contribution in [2.24, 2.45) is 0 Å². The summed E-state index contributed by atoms with van der Waals surface area (Å²) < 4.78 is 10.8. The Labute approximate surface area is 198 Å². The van der Waals surface area contributed by atoms with E-state index < -0.39 is 0 Å². The minimum Gasteiger partial charge on any atom is -0.462 e. The summed E-state index contributed by atoms with van der Waals surface area (Å²) in [4.78, 5) is 28.7. The van der Waals surface area contributed by atoms with Crippen molar-refractivity contribution in [1.29, 1.82) is 5.26 Å². The Morgan fingerprint density at radius 1 is 1.00 bits per heavy atom. The normalized spacial score (nSPS) is 13.9. The van der Waals surface area contributed by atoms with Crippen LogP contribution in [0.15, 0.2) is 76.7 Å². The van der Waals surface area contributed by atoms with Crippen LogP contribution in [0.3, 0.4) is 0 Å². The van der Waals surface area contributed by atoms with E-state index in [0.29, 0.717) is 49.9 Å². The number of hydrogen-bond acceptors (Lipinski definition) is 6. The van der Waals surface area contributed by atoms with Crippen molar-refractivity contribution in [2.75, 3.05) is 37.7 Å². The minimum atomic E-state index is -0.376. The van der Waals surface area contributed by atoms with Gasteiger partial charge in [0.15, 0.2) is 0 Å². The molecule has 0 atom stereocenters. The molecular weight excluding hydrogens is 430 g/mol. The summed E-state index contributed by atoms with van der Waals surface area (Å²) in [5.41, 5.74) is 2.40. The number of benzene rings is 2. The number of piperazine rings is 1. The average Bonchev–Trinajstić information content (AvgIpc) is 3.36. The summed E-state index contributed by atoms with van der Waals surface area (Å²) in [7, 11) is 0. The SMILES string of the molecule is CCOC(=O)c1ccc(-c2ccc(/C=C(/C#N)C(=O)N3CCN(c4ccccc4)CC3)o2)cc1. The van der Waals surface area contributed by atoms with Crippen molar-refractivity contribution in [3.05, 3.63) is 83.6 Å². The number of anilines is 1. The third-order valence-corrected chi connectivity index (χ3v) is 5.63. The predicted molar refractivity (Wildman–Crippen MR) is 129 cm³/mol. The van der Waals surface area contributed by atoms with Crippen LogP contribution in [0.4, 0.5) is 5.69 Å². The maximum Gasteiger partial charge on any atom is 0.338 e. The van der Waals surface area contributed by atoms with Gasteiger partial charge in [-0.2, -0.15) is 5.26 Å². The summed E-state index contributed by atoms with van der Waals surface area (Å²) in [6.07, 6.45) is 1.47. The standard InChI is InChI=1S/C27H25N3O4/c1-2-33-27(32)21-10-8-20(9-11-21)25-13-12-24(34-25)18-22(19-28)26(31)30-16-14-29(15-17-30)23-6-4-3-5-7-23/h3-13,18H,2,14-17H2,1H3/b22-18-. The van der Waals surface area contributed by atoms with Gasteiger partial charge in [-0.25, -0.2) is 4.79 Å². The summed E-state index contributed by atoms with van der Waals surface area (Å²) in [5.74, 6) is 0.311. The van der Waals surface area contributed by atoms with E-state index in [9.17, 15) is 14.9 Å². The molecule has 3 aromatic rings. The number of furan rings is 1. The van der Waals surface area contributed by atoms with E-state index in [1.165, 1.54) is 6.08 Å². The highest BCUT2D eigenvalue weighted by atomic mass is 16.5. The second-order valence-corrected chi connectivity index (χ2v) is 7.78. The fourth-order valence-electron chi connectivity index (χ4n) is 3.83. The van der Waals surface area contributed by atoms with Crippen molar-refractivity contribution < 1.29 is 18.7 Å². The van der Waals surface area contributed by atoms with Gasteiger partial charge in [0, 0.05) is 43.5 Å². The third-order valence-electron chi connectivity index (χ3n) is 5.63. The Morgan fingerprint density at radius 2 is 1.71 bits per heavy atom. The van der Waals surface area contributed by atoms with Gasteiger partial charge in [0.1, 0.15) is 23.2 Å². The number of carbonyl (C=O) groups excluding carboxylic acids is 2. The molecule has 2 aromatic carbocycles. The topological polar surface area (TPSA) is 86.8 Å². The van der Waals surface area contributed by atoms with Crippen LogP contribution in [0.25, 0.3) is 17.4 Å². The van der Waals surface area contributed by atoms with E-state index in [1.807, 2.05) is 24.3 Å². The molecule has 1 aromatic heterocycles. The number of nitrogens with zero attached hydrogens (tertiary/aromatic N) is 3. The van der Waals surface area contributed by atoms with Gasteiger partial charge in [0.05, 0.1) is 12.2 Å². The molecule has 7 nitrogen and oxygen atoms in total. The summed E-state index contributed by atoms with van der Waals surface area (Å²) >= 11 is 0. The highest BCUT2D eigenvalue weighted by molar-refractivity contribution is 6.01. The van der Waals surface area contributed by atoms with Crippen molar-refractivity contribution in [2.45, 2.75) is 6.92 Å². The second kappa shape index (κ2) is 10.5. The van der Waals surface area contributed by atoms with Gasteiger partial charge in [-0.1, -0.05) is 30.3 Å². The van der Waals surface area contributed by atoms with Crippen LogP contribution in [0.5, 0.6) is 0 Å². The molecule has 1 aliphatic heterocycles. The smallest absolute Gasteiger partial charge is 0.338 e. The Balaban J connectivity index is 1.42. The fraction of sp³-hybridized carbons (Fsp3) is 0.222. The van der Waals surface area contributed by atoms with Gasteiger partial charge >= 0.3 is 5.97 Å². The zero-order valence-corrected chi connectivity index (χ0v) is 18.9. The Bertz CT molecular complexity index is 1210. The van der Waals surface area contributed by atoms with Gasteiger partial charge in [-0.05, 0) is 43.3 Å². The van der Waals surface area contributed by atoms with Gasteiger partial charge in [-0.3, -0.25) is 4.79 Å². The first kappa shape index (κ1) is 22.9. The third kappa shape index (κ3) is 5.18. The highest BCUT2D eigenvalue weighted by Gasteiger charge is 2.24. The molecule has 0 N–H and O–H groups in total. The summed E-state index contributed by atoms with van der Waals surface area (Å²) in [6.45, 7) is 4.58. The maximum atomic E-state index is 12.9. The minimum absolute atomic E-state index is 0.0340. The highest BCUT2D eigenvalue weighted by Crippen LogP contribution is 2.25. The molecule has 1 saturated heterocycles. The molecule has 0 spiro atoms. The average molecular weight is 456 g/mol. The van der Waals surface area contributed by atoms with Gasteiger partial charge in [0.25, 0.3) is 5.91 Å². The lowest BCUT2D eigenvalue weighted by molar-refractivity contribution is -0.126. The van der Waals surface area contributed by atoms with Gasteiger partial charge in [0.2, 0.25) is 0 Å². The van der Waals surface area contributed by atoms with Crippen LogP contribution >= 0.6 is 0 Å². The molecule has 172 valence electrons. The predicted octanol–water partition coefficient (Wildman–Crippen LogP) is 4.38. The van der Waals surface area contributed by atoms with Crippen LogP contribution in [-0.2, 0) is 9.53 Å². The Morgan fingerprint density at radius 3 is 2.35 bits per heavy atom. The van der Waals surface area contributed by atoms with Crippen LogP contribution < -0.4 is 4.90 Å². The Kier molecular flexibility index (Phi) is 7.09. The zero-order valence-electron chi connectivity index (χ0n) is 18.9. The number of rotatable bonds is 6. The van der Waals surface area contributed by atoms with Crippen LogP contribution in [0.1, 0.15) is 23.0 Å². The monoisotopic (exact) mass is 455 g/mol. The molecular formula is C27H25N3O4. The molecule has 0 bridgehead atoms. The number of hydrogen-bond donors (Lipinski definition) is 0. The van der Waals surface area contributed by atoms with Crippen molar-refractivity contribution >= 4 is 23.6 Å². The van der Waals surface area contributed by atoms with Crippen LogP contribution in [0.2, 0.25) is 0 Å². The number of nitriles is 1. The van der Waals surface area contributed by atoms with E-state index in [-0.39, 0.29) is 17.4 Å². The van der Waals surface area contributed by atoms with Crippen LogP contribution in [-0.4, -0.2) is 49.6 Å². The first-order valence-electron chi connectivity index (χ1n) is 11.2. The number of carbonyl (C=O) groups is 2. The van der Waals surface area contributed by atoms with E-state index in [2.05, 4.69) is 17.0 Å². The van der Waals surface area contributed by atoms with Crippen molar-refractivity contribution in [3.63, 3.8) is 0 Å². The number of para-hydroxylation sites is 1. The van der Waals surface area contributed by atoms with Gasteiger partial charge in [-0.15, -0.1) is 0 Å². The number of esters is 1. The first-order chi connectivity index (χ1) is 16.6. The quantitative estimate of drug-likeness (QED) is 0.311. The molecule has 7 heteroatoms. The maximum absolute atomic E-state index is 12.9. The van der Waals surface area contributed by atoms with E-state index in [1.54, 1.807) is 48.2 Å². The summed E-state index contributed by atoms with van der Waals surface area (Å²) in [6, 6.07) is 22.4. The molecule has 0 unspecified atom stereocenters. The van der Waals surface area contributed by atoms with Crippen molar-refractivity contribution in [3.8, 4) is 17.4 Å². The fourth-order valence-corrected chi connectivity index (χ4v) is 3.83. The molecule has 4 rings (SSSR count). The molecule has 0 aliphatic carbocycles. The number of ether oxygens (including phenoxy) is 1. The lowest BCUT2D eigenvalue weighted by Crippen LogP contribution is -2.49. The molecule has 1 aliphatic rings. The van der Waals surface area contributed by atoms with E-state index >= 15 is 0 Å². The lowest BCUT2D eigenvalue weighted by Gasteiger charge is -2.36. The van der Waals surface area contributed by atoms with Gasteiger partial charge < -0.3 is 19.0 Å². The summed E-state index contributed by atoms with van der Waals surface area (Å²) in [5, 5.41) is 9.61. The number of amides is 1. The van der Waals surface area contributed by atoms with Crippen molar-refractivity contribution in [1.82, 2.24) is 4.90 Å². The molecule has 1 fully saturated rings. The lowest BCUT2D eigenvalue weighted by atomic mass is 10.1. The Hall–Kier alpha value is -4.31. The molecule has 0 radical (unpaired) electrons. The molecule has 2 heterocycles. The molecule has 1 amide bonds. The molecule has 0 saturated carbocycles. The van der Waals surface area contributed by atoms with Crippen LogP contribution in [0, 0.1) is 11.3 Å². The first-order valence-corrected chi connectivity index (χ1v) is 11.2. The van der Waals surface area contributed by atoms with E-state index in [4.69, 9.17) is 9.15 Å². The van der Waals surface area contributed by atoms with E-state index in [0.717, 1.165) is 11.3 Å². The zero-order chi connectivity index (χ0) is 23.9. The second-order valence-electron chi connectivity index (χ2n) is 7.78.